The van der Waals surface area contributed by atoms with Gasteiger partial charge in [-0.1, -0.05) is 25.3 Å². The molecule has 22 heavy (non-hydrogen) atoms. The highest BCUT2D eigenvalue weighted by Crippen LogP contribution is 2.20. The summed E-state index contributed by atoms with van der Waals surface area (Å²) in [6.45, 7) is 12.6. The summed E-state index contributed by atoms with van der Waals surface area (Å²) in [6, 6.07) is 7.71. The van der Waals surface area contributed by atoms with Crippen molar-refractivity contribution in [1.82, 2.24) is 4.90 Å². The molecule has 0 bridgehead atoms. The first-order valence-corrected chi connectivity index (χ1v) is 7.47. The van der Waals surface area contributed by atoms with Gasteiger partial charge in [0, 0.05) is 25.1 Å². The lowest BCUT2D eigenvalue weighted by Gasteiger charge is -2.26. The molecule has 0 N–H and O–H groups in total. The summed E-state index contributed by atoms with van der Waals surface area (Å²) in [5, 5.41) is 0. The van der Waals surface area contributed by atoms with E-state index < -0.39 is 7.12 Å². The normalized spacial score (nSPS) is 19.0. The van der Waals surface area contributed by atoms with Gasteiger partial charge in [0.2, 0.25) is 0 Å². The molecule has 0 aromatic heterocycles. The molecule has 116 valence electrons. The van der Waals surface area contributed by atoms with Crippen LogP contribution < -0.4 is 10.2 Å². The van der Waals surface area contributed by atoms with Crippen LogP contribution in [-0.2, 0) is 14.0 Å². The number of hydrogen-bond acceptors (Lipinski definition) is 5. The molecular formula is C16H20BNO4. The molecule has 0 unspecified atom stereocenters. The second-order valence-corrected chi connectivity index (χ2v) is 5.29. The van der Waals surface area contributed by atoms with Crippen molar-refractivity contribution in [3.8, 4) is 5.75 Å². The van der Waals surface area contributed by atoms with E-state index in [0.717, 1.165) is 44.1 Å². The fourth-order valence-corrected chi connectivity index (χ4v) is 2.39. The lowest BCUT2D eigenvalue weighted by atomic mass is 9.79. The topological polar surface area (TPSA) is 40.2 Å². The maximum atomic E-state index is 5.77. The van der Waals surface area contributed by atoms with Crippen LogP contribution in [0.5, 0.6) is 5.75 Å². The Morgan fingerprint density at radius 3 is 2.32 bits per heavy atom. The first kappa shape index (κ1) is 15.0. The van der Waals surface area contributed by atoms with E-state index in [1.165, 1.54) is 0 Å². The van der Waals surface area contributed by atoms with Crippen LogP contribution >= 0.6 is 0 Å². The zero-order chi connectivity index (χ0) is 15.4. The summed E-state index contributed by atoms with van der Waals surface area (Å²) in [7, 11) is -0.456. The fraction of sp³-hybridized carbons (Fsp3) is 0.375. The first-order valence-electron chi connectivity index (χ1n) is 7.47. The number of nitrogens with zero attached hydrogens (tertiary/aromatic N) is 1. The van der Waals surface area contributed by atoms with E-state index in [2.05, 4.69) is 18.1 Å². The first-order chi connectivity index (χ1) is 10.7. The second kappa shape index (κ2) is 6.90. The zero-order valence-corrected chi connectivity index (χ0v) is 12.6. The molecule has 0 saturated carbocycles. The largest absolute Gasteiger partial charge is 0.632 e. The van der Waals surface area contributed by atoms with Crippen LogP contribution in [0.15, 0.2) is 48.9 Å². The van der Waals surface area contributed by atoms with Crippen molar-refractivity contribution in [1.29, 1.82) is 0 Å². The van der Waals surface area contributed by atoms with Crippen LogP contribution in [-0.4, -0.2) is 51.5 Å². The predicted molar refractivity (Wildman–Crippen MR) is 85.0 cm³/mol. The molecule has 0 aliphatic carbocycles. The van der Waals surface area contributed by atoms with Crippen LogP contribution in [0.2, 0.25) is 0 Å². The van der Waals surface area contributed by atoms with Crippen molar-refractivity contribution in [2.24, 2.45) is 0 Å². The third-order valence-electron chi connectivity index (χ3n) is 3.74. The molecular weight excluding hydrogens is 281 g/mol. The number of ether oxygens (including phenoxy) is 2. The Kier molecular flexibility index (Phi) is 4.70. The zero-order valence-electron chi connectivity index (χ0n) is 12.6. The summed E-state index contributed by atoms with van der Waals surface area (Å²) in [5.74, 6) is 1.80. The summed E-state index contributed by atoms with van der Waals surface area (Å²) in [4.78, 5) is 2.34. The van der Waals surface area contributed by atoms with Crippen LogP contribution in [0.1, 0.15) is 0 Å². The molecule has 6 heteroatoms. The predicted octanol–water partition coefficient (Wildman–Crippen LogP) is 1.17. The van der Waals surface area contributed by atoms with E-state index in [1.807, 2.05) is 24.3 Å². The number of morpholine rings is 1. The van der Waals surface area contributed by atoms with Crippen LogP contribution in [0, 0.1) is 0 Å². The molecule has 2 fully saturated rings. The van der Waals surface area contributed by atoms with Gasteiger partial charge in [0.05, 0.1) is 13.2 Å². The van der Waals surface area contributed by atoms with E-state index in [9.17, 15) is 0 Å². The van der Waals surface area contributed by atoms with Gasteiger partial charge in [0.1, 0.15) is 23.9 Å². The molecule has 2 aliphatic rings. The van der Waals surface area contributed by atoms with E-state index in [1.54, 1.807) is 0 Å². The van der Waals surface area contributed by atoms with E-state index in [-0.39, 0.29) is 0 Å². The van der Waals surface area contributed by atoms with Gasteiger partial charge in [-0.3, -0.25) is 4.90 Å². The molecule has 0 radical (unpaired) electrons. The molecule has 2 aliphatic heterocycles. The molecule has 0 spiro atoms. The Bertz CT molecular complexity index is 524. The molecule has 2 saturated heterocycles. The van der Waals surface area contributed by atoms with Gasteiger partial charge in [-0.15, -0.1) is 0 Å². The third-order valence-corrected chi connectivity index (χ3v) is 3.74. The van der Waals surface area contributed by atoms with Crippen LogP contribution in [0.4, 0.5) is 0 Å². The van der Waals surface area contributed by atoms with Crippen molar-refractivity contribution in [2.45, 2.75) is 0 Å². The highest BCUT2D eigenvalue weighted by molar-refractivity contribution is 6.62. The van der Waals surface area contributed by atoms with Gasteiger partial charge in [0.25, 0.3) is 0 Å². The van der Waals surface area contributed by atoms with Crippen molar-refractivity contribution < 1.29 is 18.8 Å². The minimum absolute atomic E-state index is 0.456. The molecule has 0 amide bonds. The average Bonchev–Trinajstić information content (AvgIpc) is 2.88. The summed E-state index contributed by atoms with van der Waals surface area (Å²) >= 11 is 0. The van der Waals surface area contributed by atoms with Gasteiger partial charge in [0.15, 0.2) is 0 Å². The van der Waals surface area contributed by atoms with E-state index in [4.69, 9.17) is 18.8 Å². The van der Waals surface area contributed by atoms with E-state index in [0.29, 0.717) is 18.1 Å². The lowest BCUT2D eigenvalue weighted by molar-refractivity contribution is 0.0322. The summed E-state index contributed by atoms with van der Waals surface area (Å²) in [5.41, 5.74) is 0.917. The van der Waals surface area contributed by atoms with Gasteiger partial charge >= 0.3 is 7.12 Å². The van der Waals surface area contributed by atoms with Gasteiger partial charge in [-0.05, 0) is 12.1 Å². The maximum absolute atomic E-state index is 5.77. The molecule has 3 rings (SSSR count). The van der Waals surface area contributed by atoms with Crippen molar-refractivity contribution in [3.05, 3.63) is 48.9 Å². The Balaban J connectivity index is 1.47. The highest BCUT2D eigenvalue weighted by atomic mass is 16.6. The molecule has 2 heterocycles. The minimum Gasteiger partial charge on any atom is -0.520 e. The van der Waals surface area contributed by atoms with Crippen LogP contribution in [0.25, 0.3) is 0 Å². The number of rotatable bonds is 5. The fourth-order valence-electron chi connectivity index (χ4n) is 2.39. The average molecular weight is 301 g/mol. The molecule has 1 aromatic carbocycles. The second-order valence-electron chi connectivity index (χ2n) is 5.29. The third kappa shape index (κ3) is 3.64. The van der Waals surface area contributed by atoms with Gasteiger partial charge in [-0.2, -0.15) is 0 Å². The Hall–Kier alpha value is -1.92. The minimum atomic E-state index is -0.456. The maximum Gasteiger partial charge on any atom is 0.632 e. The standard InChI is InChI=1S/C16H20BNO4/c1-13-14(2)22-17(21-13)15-3-5-16(6-4-15)20-12-9-18-7-10-19-11-8-18/h3-6H,1-2,7-12H2. The Morgan fingerprint density at radius 2 is 1.68 bits per heavy atom. The smallest absolute Gasteiger partial charge is 0.520 e. The van der Waals surface area contributed by atoms with Gasteiger partial charge < -0.3 is 18.8 Å². The van der Waals surface area contributed by atoms with Gasteiger partial charge in [-0.25, -0.2) is 0 Å². The number of hydrogen-bond donors (Lipinski definition) is 0. The Labute approximate surface area is 131 Å². The summed E-state index contributed by atoms with van der Waals surface area (Å²) < 4.78 is 22.1. The quantitative estimate of drug-likeness (QED) is 0.764. The van der Waals surface area contributed by atoms with Crippen molar-refractivity contribution in [3.63, 3.8) is 0 Å². The number of benzene rings is 1. The molecule has 1 aromatic rings. The Morgan fingerprint density at radius 1 is 1.05 bits per heavy atom. The van der Waals surface area contributed by atoms with Crippen molar-refractivity contribution in [2.75, 3.05) is 39.5 Å². The van der Waals surface area contributed by atoms with Crippen LogP contribution in [0.3, 0.4) is 0 Å². The van der Waals surface area contributed by atoms with Crippen molar-refractivity contribution >= 4 is 12.6 Å². The SMILES string of the molecule is C=C1OB(c2ccc(OCCN3CCOCC3)cc2)OC1=C. The molecule has 5 nitrogen and oxygen atoms in total. The van der Waals surface area contributed by atoms with E-state index >= 15 is 0 Å². The summed E-state index contributed by atoms with van der Waals surface area (Å²) in [6.07, 6.45) is 0. The molecule has 0 atom stereocenters. The highest BCUT2D eigenvalue weighted by Gasteiger charge is 2.34. The lowest BCUT2D eigenvalue weighted by Crippen LogP contribution is -2.38. The monoisotopic (exact) mass is 301 g/mol.